The van der Waals surface area contributed by atoms with E-state index in [1.165, 1.54) is 5.56 Å². The van der Waals surface area contributed by atoms with E-state index in [2.05, 4.69) is 57.5 Å². The van der Waals surface area contributed by atoms with Crippen LogP contribution in [0.15, 0.2) is 59.4 Å². The quantitative estimate of drug-likeness (QED) is 0.394. The van der Waals surface area contributed by atoms with E-state index in [1.807, 2.05) is 41.1 Å². The Morgan fingerprint density at radius 2 is 2.03 bits per heavy atom. The third-order valence-corrected chi connectivity index (χ3v) is 6.76. The molecule has 1 N–H and O–H groups in total. The van der Waals surface area contributed by atoms with E-state index in [-0.39, 0.29) is 17.7 Å². The van der Waals surface area contributed by atoms with Crippen LogP contribution < -0.4 is 5.56 Å². The van der Waals surface area contributed by atoms with E-state index >= 15 is 0 Å². The van der Waals surface area contributed by atoms with Crippen molar-refractivity contribution in [3.63, 3.8) is 0 Å². The van der Waals surface area contributed by atoms with Crippen LogP contribution in [0.5, 0.6) is 0 Å². The van der Waals surface area contributed by atoms with E-state index < -0.39 is 0 Å². The minimum atomic E-state index is -0.0618. The van der Waals surface area contributed by atoms with Crippen LogP contribution in [0.3, 0.4) is 0 Å². The summed E-state index contributed by atoms with van der Waals surface area (Å²) in [6.07, 6.45) is 3.05. The first kappa shape index (κ1) is 23.4. The summed E-state index contributed by atoms with van der Waals surface area (Å²) in [5, 5.41) is 13.8. The molecule has 0 aliphatic carbocycles. The van der Waals surface area contributed by atoms with Crippen molar-refractivity contribution in [3.05, 3.63) is 87.5 Å². The van der Waals surface area contributed by atoms with Crippen LogP contribution >= 0.6 is 0 Å². The summed E-state index contributed by atoms with van der Waals surface area (Å²) >= 11 is 0. The molecule has 2 atom stereocenters. The number of nitrogens with one attached hydrogen (secondary N) is 1. The number of aryl methyl sites for hydroxylation is 1. The fourth-order valence-electron chi connectivity index (χ4n) is 4.97. The molecule has 2 aromatic carbocycles. The molecule has 0 unspecified atom stereocenters. The first-order chi connectivity index (χ1) is 17.1. The van der Waals surface area contributed by atoms with Gasteiger partial charge in [-0.15, -0.1) is 5.10 Å². The first-order valence-electron chi connectivity index (χ1n) is 12.4. The van der Waals surface area contributed by atoms with Gasteiger partial charge in [0.25, 0.3) is 5.56 Å². The van der Waals surface area contributed by atoms with Gasteiger partial charge in [-0.1, -0.05) is 48.9 Å². The highest BCUT2D eigenvalue weighted by Gasteiger charge is 2.28. The molecule has 0 radical (unpaired) electrons. The van der Waals surface area contributed by atoms with Crippen molar-refractivity contribution < 1.29 is 4.74 Å². The van der Waals surface area contributed by atoms with E-state index in [0.717, 1.165) is 53.7 Å². The predicted molar refractivity (Wildman–Crippen MR) is 135 cm³/mol. The third kappa shape index (κ3) is 5.33. The van der Waals surface area contributed by atoms with E-state index in [0.29, 0.717) is 19.6 Å². The summed E-state index contributed by atoms with van der Waals surface area (Å²) < 4.78 is 7.72. The molecule has 0 amide bonds. The van der Waals surface area contributed by atoms with Gasteiger partial charge in [-0.2, -0.15) is 0 Å². The Morgan fingerprint density at radius 3 is 2.80 bits per heavy atom. The Morgan fingerprint density at radius 1 is 1.17 bits per heavy atom. The predicted octanol–water partition coefficient (Wildman–Crippen LogP) is 4.16. The average Bonchev–Trinajstić information content (AvgIpc) is 3.54. The van der Waals surface area contributed by atoms with Gasteiger partial charge < -0.3 is 9.72 Å². The zero-order valence-electron chi connectivity index (χ0n) is 20.4. The molecule has 1 aliphatic rings. The van der Waals surface area contributed by atoms with Crippen molar-refractivity contribution in [3.8, 4) is 0 Å². The summed E-state index contributed by atoms with van der Waals surface area (Å²) in [5.41, 5.74) is 3.86. The zero-order valence-corrected chi connectivity index (χ0v) is 20.4. The Bertz CT molecular complexity index is 1330. The van der Waals surface area contributed by atoms with Crippen molar-refractivity contribution in [2.45, 2.75) is 64.9 Å². The molecular formula is C27H32N6O2. The zero-order chi connectivity index (χ0) is 24.2. The molecule has 0 bridgehead atoms. The van der Waals surface area contributed by atoms with Crippen molar-refractivity contribution in [2.24, 2.45) is 0 Å². The van der Waals surface area contributed by atoms with Gasteiger partial charge in [0, 0.05) is 30.8 Å². The summed E-state index contributed by atoms with van der Waals surface area (Å²) in [7, 11) is 0. The van der Waals surface area contributed by atoms with Gasteiger partial charge >= 0.3 is 0 Å². The number of tetrazole rings is 1. The SMILES string of the molecule is CC[C@@H](c1nnnn1C[C@H]1CCCO1)N(Cc1ccccc1)Cc1cc2cc(C)ccc2[nH]c1=O. The Hall–Kier alpha value is -3.36. The number of rotatable bonds is 9. The standard InChI is InChI=1S/C27H32N6O2/c1-3-25(26-29-30-31-33(26)18-23-10-7-13-35-23)32(16-20-8-5-4-6-9-20)17-22-15-21-14-19(2)11-12-24(21)28-27(22)34/h4-6,8-9,11-12,14-15,23,25H,3,7,10,13,16-18H2,1-2H3,(H,28,34)/t23-,25+/m1/s1. The van der Waals surface area contributed by atoms with Crippen LogP contribution in [0, 0.1) is 6.92 Å². The van der Waals surface area contributed by atoms with Gasteiger partial charge in [0.15, 0.2) is 5.82 Å². The number of hydrogen-bond donors (Lipinski definition) is 1. The number of hydrogen-bond acceptors (Lipinski definition) is 6. The second kappa shape index (κ2) is 10.5. The number of fused-ring (bicyclic) bond motifs is 1. The van der Waals surface area contributed by atoms with Crippen molar-refractivity contribution in [2.75, 3.05) is 6.61 Å². The molecule has 5 rings (SSSR count). The highest BCUT2D eigenvalue weighted by atomic mass is 16.5. The van der Waals surface area contributed by atoms with Crippen LogP contribution in [-0.4, -0.2) is 42.8 Å². The molecule has 4 aromatic rings. The molecule has 2 aromatic heterocycles. The molecule has 35 heavy (non-hydrogen) atoms. The van der Waals surface area contributed by atoms with Gasteiger partial charge in [-0.3, -0.25) is 9.69 Å². The van der Waals surface area contributed by atoms with E-state index in [9.17, 15) is 4.79 Å². The third-order valence-electron chi connectivity index (χ3n) is 6.76. The molecule has 8 heteroatoms. The lowest BCUT2D eigenvalue weighted by atomic mass is 10.1. The fourth-order valence-corrected chi connectivity index (χ4v) is 4.97. The summed E-state index contributed by atoms with van der Waals surface area (Å²) in [6.45, 7) is 6.81. The first-order valence-corrected chi connectivity index (χ1v) is 12.4. The monoisotopic (exact) mass is 472 g/mol. The van der Waals surface area contributed by atoms with Crippen molar-refractivity contribution >= 4 is 10.9 Å². The lowest BCUT2D eigenvalue weighted by molar-refractivity contribution is 0.0888. The molecule has 3 heterocycles. The Kier molecular flexibility index (Phi) is 7.01. The van der Waals surface area contributed by atoms with Crippen molar-refractivity contribution in [1.29, 1.82) is 0 Å². The molecule has 1 fully saturated rings. The second-order valence-corrected chi connectivity index (χ2v) is 9.38. The lowest BCUT2D eigenvalue weighted by Crippen LogP contribution is -2.33. The van der Waals surface area contributed by atoms with Gasteiger partial charge in [-0.05, 0) is 65.8 Å². The maximum Gasteiger partial charge on any atom is 0.252 e. The van der Waals surface area contributed by atoms with E-state index in [4.69, 9.17) is 4.74 Å². The molecule has 1 saturated heterocycles. The maximum absolute atomic E-state index is 13.1. The number of ether oxygens (including phenoxy) is 1. The van der Waals surface area contributed by atoms with Crippen LogP contribution in [0.1, 0.15) is 54.7 Å². The Labute approximate surface area is 204 Å². The summed E-state index contributed by atoms with van der Waals surface area (Å²) in [4.78, 5) is 18.4. The smallest absolute Gasteiger partial charge is 0.252 e. The highest BCUT2D eigenvalue weighted by Crippen LogP contribution is 2.27. The van der Waals surface area contributed by atoms with Gasteiger partial charge in [0.05, 0.1) is 18.7 Å². The van der Waals surface area contributed by atoms with Crippen LogP contribution in [0.2, 0.25) is 0 Å². The van der Waals surface area contributed by atoms with Gasteiger partial charge in [0.2, 0.25) is 0 Å². The normalized spacial score (nSPS) is 16.8. The van der Waals surface area contributed by atoms with Crippen LogP contribution in [0.4, 0.5) is 0 Å². The lowest BCUT2D eigenvalue weighted by Gasteiger charge is -2.30. The van der Waals surface area contributed by atoms with Crippen LogP contribution in [-0.2, 0) is 24.4 Å². The fraction of sp³-hybridized carbons (Fsp3) is 0.407. The Balaban J connectivity index is 1.50. The van der Waals surface area contributed by atoms with E-state index in [1.54, 1.807) is 0 Å². The maximum atomic E-state index is 13.1. The van der Waals surface area contributed by atoms with Crippen molar-refractivity contribution in [1.82, 2.24) is 30.1 Å². The minimum Gasteiger partial charge on any atom is -0.376 e. The molecule has 0 spiro atoms. The van der Waals surface area contributed by atoms with Crippen LogP contribution in [0.25, 0.3) is 10.9 Å². The number of nitrogens with zero attached hydrogens (tertiary/aromatic N) is 5. The number of aromatic amines is 1. The summed E-state index contributed by atoms with van der Waals surface area (Å²) in [5.74, 6) is 0.812. The average molecular weight is 473 g/mol. The molecule has 0 saturated carbocycles. The summed E-state index contributed by atoms with van der Waals surface area (Å²) in [6, 6.07) is 18.4. The highest BCUT2D eigenvalue weighted by molar-refractivity contribution is 5.79. The van der Waals surface area contributed by atoms with Gasteiger partial charge in [0.1, 0.15) is 0 Å². The number of aromatic nitrogens is 5. The molecular weight excluding hydrogens is 440 g/mol. The minimum absolute atomic E-state index is 0.0563. The number of H-pyrrole nitrogens is 1. The molecule has 8 nitrogen and oxygen atoms in total. The molecule has 182 valence electrons. The number of pyridine rings is 1. The van der Waals surface area contributed by atoms with Gasteiger partial charge in [-0.25, -0.2) is 4.68 Å². The topological polar surface area (TPSA) is 88.9 Å². The number of benzene rings is 2. The molecule has 1 aliphatic heterocycles. The largest absolute Gasteiger partial charge is 0.376 e. The second-order valence-electron chi connectivity index (χ2n) is 9.38.